The summed E-state index contributed by atoms with van der Waals surface area (Å²) in [6.45, 7) is 4.48. The van der Waals surface area contributed by atoms with E-state index in [2.05, 4.69) is 4.98 Å². The van der Waals surface area contributed by atoms with Crippen LogP contribution in [0.4, 0.5) is 10.1 Å². The fraction of sp³-hybridized carbons (Fsp3) is 0.273. The van der Waals surface area contributed by atoms with Crippen LogP contribution in [0.25, 0.3) is 10.9 Å². The van der Waals surface area contributed by atoms with Gasteiger partial charge in [-0.25, -0.2) is 12.8 Å². The van der Waals surface area contributed by atoms with Crippen molar-refractivity contribution in [3.63, 3.8) is 0 Å². The Balaban J connectivity index is 1.56. The van der Waals surface area contributed by atoms with E-state index < -0.39 is 15.8 Å². The van der Waals surface area contributed by atoms with Crippen LogP contribution in [0.15, 0.2) is 53.6 Å². The van der Waals surface area contributed by atoms with Gasteiger partial charge in [-0.1, -0.05) is 12.1 Å². The minimum Gasteiger partial charge on any atom is -0.367 e. The number of sulfonamides is 1. The lowest BCUT2D eigenvalue weighted by molar-refractivity contribution is 0.101. The Hall–Kier alpha value is -2.84. The van der Waals surface area contributed by atoms with E-state index in [0.717, 1.165) is 10.9 Å². The van der Waals surface area contributed by atoms with Crippen LogP contribution in [0.3, 0.4) is 0 Å². The molecule has 1 aliphatic rings. The lowest BCUT2D eigenvalue weighted by Crippen LogP contribution is -2.49. The van der Waals surface area contributed by atoms with Crippen molar-refractivity contribution in [2.24, 2.45) is 0 Å². The predicted octanol–water partition coefficient (Wildman–Crippen LogP) is 3.40. The molecule has 0 aliphatic carbocycles. The van der Waals surface area contributed by atoms with Gasteiger partial charge in [-0.15, -0.1) is 0 Å². The van der Waals surface area contributed by atoms with Crippen LogP contribution in [0.1, 0.15) is 22.8 Å². The standard InChI is InChI=1S/C22H22FN3O3S/c1-15-12-18-4-3-5-21(22(18)24-14-15)30(28,29)26-10-8-25(9-11-26)20-7-6-17(16(2)27)13-19(20)23/h3-7,12-14H,8-11H2,1-2H3. The van der Waals surface area contributed by atoms with Crippen molar-refractivity contribution in [3.05, 3.63) is 65.6 Å². The Kier molecular flexibility index (Phi) is 5.29. The smallest absolute Gasteiger partial charge is 0.245 e. The van der Waals surface area contributed by atoms with E-state index in [9.17, 15) is 17.6 Å². The highest BCUT2D eigenvalue weighted by atomic mass is 32.2. The van der Waals surface area contributed by atoms with Gasteiger partial charge in [0, 0.05) is 43.3 Å². The molecule has 30 heavy (non-hydrogen) atoms. The number of anilines is 1. The van der Waals surface area contributed by atoms with Crippen LogP contribution in [0, 0.1) is 12.7 Å². The molecule has 0 bridgehead atoms. The first-order chi connectivity index (χ1) is 14.3. The Morgan fingerprint density at radius 1 is 1.07 bits per heavy atom. The number of aryl methyl sites for hydroxylation is 1. The second kappa shape index (κ2) is 7.77. The maximum atomic E-state index is 14.5. The fourth-order valence-electron chi connectivity index (χ4n) is 3.74. The summed E-state index contributed by atoms with van der Waals surface area (Å²) >= 11 is 0. The predicted molar refractivity (Wildman–Crippen MR) is 114 cm³/mol. The Morgan fingerprint density at radius 2 is 1.80 bits per heavy atom. The number of rotatable bonds is 4. The number of hydrogen-bond acceptors (Lipinski definition) is 5. The molecule has 1 aromatic heterocycles. The van der Waals surface area contributed by atoms with Gasteiger partial charge in [-0.2, -0.15) is 4.31 Å². The molecule has 3 aromatic rings. The van der Waals surface area contributed by atoms with Gasteiger partial charge in [0.15, 0.2) is 5.78 Å². The lowest BCUT2D eigenvalue weighted by atomic mass is 10.1. The van der Waals surface area contributed by atoms with Crippen LogP contribution in [0.5, 0.6) is 0 Å². The molecule has 6 nitrogen and oxygen atoms in total. The van der Waals surface area contributed by atoms with Gasteiger partial charge in [-0.05, 0) is 49.7 Å². The summed E-state index contributed by atoms with van der Waals surface area (Å²) in [5.41, 5.74) is 2.11. The van der Waals surface area contributed by atoms with Gasteiger partial charge >= 0.3 is 0 Å². The van der Waals surface area contributed by atoms with Crippen molar-refractivity contribution >= 4 is 32.4 Å². The second-order valence-corrected chi connectivity index (χ2v) is 9.36. The van der Waals surface area contributed by atoms with Crippen molar-refractivity contribution in [1.82, 2.24) is 9.29 Å². The number of benzene rings is 2. The number of nitrogens with zero attached hydrogens (tertiary/aromatic N) is 3. The van der Waals surface area contributed by atoms with Gasteiger partial charge in [0.05, 0.1) is 11.2 Å². The molecule has 0 N–H and O–H groups in total. The molecule has 0 atom stereocenters. The van der Waals surface area contributed by atoms with E-state index >= 15 is 0 Å². The molecule has 1 fully saturated rings. The number of carbonyl (C=O) groups is 1. The number of pyridine rings is 1. The molecule has 156 valence electrons. The summed E-state index contributed by atoms with van der Waals surface area (Å²) in [7, 11) is -3.73. The monoisotopic (exact) mass is 427 g/mol. The maximum absolute atomic E-state index is 14.5. The van der Waals surface area contributed by atoms with E-state index in [1.807, 2.05) is 19.1 Å². The average molecular weight is 428 g/mol. The number of aromatic nitrogens is 1. The second-order valence-electron chi connectivity index (χ2n) is 7.45. The van der Waals surface area contributed by atoms with Crippen LogP contribution in [-0.2, 0) is 10.0 Å². The number of para-hydroxylation sites is 1. The molecule has 1 aliphatic heterocycles. The average Bonchev–Trinajstić information content (AvgIpc) is 2.73. The van der Waals surface area contributed by atoms with Crippen molar-refractivity contribution in [3.8, 4) is 0 Å². The summed E-state index contributed by atoms with van der Waals surface area (Å²) in [6.07, 6.45) is 1.66. The first kappa shape index (κ1) is 20.4. The van der Waals surface area contributed by atoms with E-state index in [1.54, 1.807) is 35.4 Å². The van der Waals surface area contributed by atoms with E-state index in [0.29, 0.717) is 29.9 Å². The summed E-state index contributed by atoms with van der Waals surface area (Å²) < 4.78 is 42.4. The lowest BCUT2D eigenvalue weighted by Gasteiger charge is -2.35. The molecule has 4 rings (SSSR count). The van der Waals surface area contributed by atoms with E-state index in [-0.39, 0.29) is 23.8 Å². The highest BCUT2D eigenvalue weighted by molar-refractivity contribution is 7.89. The highest BCUT2D eigenvalue weighted by Crippen LogP contribution is 2.27. The summed E-state index contributed by atoms with van der Waals surface area (Å²) in [6, 6.07) is 11.4. The third-order valence-electron chi connectivity index (χ3n) is 5.36. The van der Waals surface area contributed by atoms with Crippen molar-refractivity contribution in [2.45, 2.75) is 18.7 Å². The van der Waals surface area contributed by atoms with Crippen LogP contribution in [-0.4, -0.2) is 49.7 Å². The molecule has 0 radical (unpaired) electrons. The zero-order valence-corrected chi connectivity index (χ0v) is 17.6. The molecule has 2 aromatic carbocycles. The third kappa shape index (κ3) is 3.68. The molecular formula is C22H22FN3O3S. The molecule has 8 heteroatoms. The van der Waals surface area contributed by atoms with Crippen LogP contribution >= 0.6 is 0 Å². The molecule has 1 saturated heterocycles. The number of ketones is 1. The molecule has 0 amide bonds. The molecule has 0 unspecified atom stereocenters. The van der Waals surface area contributed by atoms with Crippen LogP contribution in [0.2, 0.25) is 0 Å². The summed E-state index contributed by atoms with van der Waals surface area (Å²) in [5.74, 6) is -0.678. The highest BCUT2D eigenvalue weighted by Gasteiger charge is 2.31. The van der Waals surface area contributed by atoms with Crippen molar-refractivity contribution < 1.29 is 17.6 Å². The fourth-order valence-corrected chi connectivity index (χ4v) is 5.33. The van der Waals surface area contributed by atoms with E-state index in [1.165, 1.54) is 17.3 Å². The normalized spacial score (nSPS) is 15.5. The topological polar surface area (TPSA) is 70.6 Å². The van der Waals surface area contributed by atoms with Gasteiger partial charge in [0.1, 0.15) is 10.7 Å². The first-order valence-electron chi connectivity index (χ1n) is 9.68. The number of halogens is 1. The van der Waals surface area contributed by atoms with Crippen molar-refractivity contribution in [2.75, 3.05) is 31.1 Å². The minimum absolute atomic E-state index is 0.186. The number of Topliss-reactive ketones (excluding diaryl/α,β-unsaturated/α-hetero) is 1. The molecule has 0 saturated carbocycles. The zero-order valence-electron chi connectivity index (χ0n) is 16.8. The first-order valence-corrected chi connectivity index (χ1v) is 11.1. The van der Waals surface area contributed by atoms with Gasteiger partial charge in [-0.3, -0.25) is 9.78 Å². The Labute approximate surface area is 175 Å². The number of piperazine rings is 1. The molecular weight excluding hydrogens is 405 g/mol. The third-order valence-corrected chi connectivity index (χ3v) is 7.29. The Bertz CT molecular complexity index is 1240. The number of fused-ring (bicyclic) bond motifs is 1. The minimum atomic E-state index is -3.73. The summed E-state index contributed by atoms with van der Waals surface area (Å²) in [4.78, 5) is 17.8. The quantitative estimate of drug-likeness (QED) is 0.597. The summed E-state index contributed by atoms with van der Waals surface area (Å²) in [5, 5.41) is 0.780. The molecule has 0 spiro atoms. The zero-order chi connectivity index (χ0) is 21.5. The van der Waals surface area contributed by atoms with Gasteiger partial charge in [0.25, 0.3) is 0 Å². The van der Waals surface area contributed by atoms with E-state index in [4.69, 9.17) is 0 Å². The molecule has 2 heterocycles. The van der Waals surface area contributed by atoms with Crippen molar-refractivity contribution in [1.29, 1.82) is 0 Å². The largest absolute Gasteiger partial charge is 0.367 e. The number of hydrogen-bond donors (Lipinski definition) is 0. The Morgan fingerprint density at radius 3 is 2.47 bits per heavy atom. The van der Waals surface area contributed by atoms with Gasteiger partial charge in [0.2, 0.25) is 10.0 Å². The SMILES string of the molecule is CC(=O)c1ccc(N2CCN(S(=O)(=O)c3cccc4cc(C)cnc34)CC2)c(F)c1. The number of carbonyl (C=O) groups excluding carboxylic acids is 1. The van der Waals surface area contributed by atoms with Crippen LogP contribution < -0.4 is 4.90 Å². The maximum Gasteiger partial charge on any atom is 0.245 e. The van der Waals surface area contributed by atoms with Gasteiger partial charge < -0.3 is 4.90 Å².